The lowest BCUT2D eigenvalue weighted by Gasteiger charge is -2.10. The summed E-state index contributed by atoms with van der Waals surface area (Å²) in [7, 11) is 0. The van der Waals surface area contributed by atoms with Crippen molar-refractivity contribution in [1.29, 1.82) is 0 Å². The van der Waals surface area contributed by atoms with E-state index in [0.29, 0.717) is 6.42 Å². The molecule has 3 aromatic rings. The number of amides is 1. The Hall–Kier alpha value is -2.94. The fourth-order valence-electron chi connectivity index (χ4n) is 3.31. The topological polar surface area (TPSA) is 42.0 Å². The van der Waals surface area contributed by atoms with Crippen LogP contribution in [0.25, 0.3) is 11.1 Å². The van der Waals surface area contributed by atoms with Crippen molar-refractivity contribution in [2.75, 3.05) is 5.32 Å². The van der Waals surface area contributed by atoms with Gasteiger partial charge in [0.2, 0.25) is 5.91 Å². The Balaban J connectivity index is 1.59. The van der Waals surface area contributed by atoms with E-state index in [-0.39, 0.29) is 5.91 Å². The smallest absolute Gasteiger partial charge is 0.228 e. The molecule has 2 aromatic carbocycles. The number of pyridine rings is 1. The van der Waals surface area contributed by atoms with Gasteiger partial charge in [0.1, 0.15) is 0 Å². The second-order valence-corrected chi connectivity index (χ2v) is 6.55. The van der Waals surface area contributed by atoms with E-state index in [0.717, 1.165) is 40.9 Å². The normalized spacial score (nSPS) is 12.8. The second-order valence-electron chi connectivity index (χ2n) is 6.55. The average Bonchev–Trinajstić information content (AvgIpc) is 3.01. The molecule has 0 radical (unpaired) electrons. The lowest BCUT2D eigenvalue weighted by atomic mass is 9.98. The highest BCUT2D eigenvalue weighted by Gasteiger charge is 2.18. The van der Waals surface area contributed by atoms with Crippen molar-refractivity contribution < 1.29 is 4.79 Å². The third kappa shape index (κ3) is 3.31. The molecule has 2 heterocycles. The Kier molecular flexibility index (Phi) is 4.06. The van der Waals surface area contributed by atoms with Gasteiger partial charge in [-0.05, 0) is 54.2 Å². The second kappa shape index (κ2) is 6.52. The summed E-state index contributed by atoms with van der Waals surface area (Å²) in [6.45, 7) is 2.06. The van der Waals surface area contributed by atoms with Crippen molar-refractivity contribution in [2.45, 2.75) is 26.2 Å². The molecule has 1 amide bonds. The van der Waals surface area contributed by atoms with Crippen LogP contribution in [0.1, 0.15) is 22.4 Å². The van der Waals surface area contributed by atoms with Gasteiger partial charge in [-0.25, -0.2) is 0 Å². The Labute approximate surface area is 147 Å². The maximum atomic E-state index is 11.5. The van der Waals surface area contributed by atoms with E-state index >= 15 is 0 Å². The van der Waals surface area contributed by atoms with Crippen LogP contribution in [-0.4, -0.2) is 10.9 Å². The molecule has 1 aliphatic rings. The van der Waals surface area contributed by atoms with Crippen molar-refractivity contribution in [3.63, 3.8) is 0 Å². The van der Waals surface area contributed by atoms with Gasteiger partial charge in [0.15, 0.2) is 0 Å². The minimum absolute atomic E-state index is 0.0673. The quantitative estimate of drug-likeness (QED) is 0.774. The molecule has 0 aliphatic carbocycles. The summed E-state index contributed by atoms with van der Waals surface area (Å²) < 4.78 is 0. The number of fused-ring (bicyclic) bond motifs is 1. The molecule has 0 saturated carbocycles. The molecule has 25 heavy (non-hydrogen) atoms. The van der Waals surface area contributed by atoms with Gasteiger partial charge >= 0.3 is 0 Å². The first-order chi connectivity index (χ1) is 12.2. The van der Waals surface area contributed by atoms with Crippen LogP contribution in [0.4, 0.5) is 5.69 Å². The largest absolute Gasteiger partial charge is 0.326 e. The molecule has 0 atom stereocenters. The number of anilines is 1. The highest BCUT2D eigenvalue weighted by Crippen LogP contribution is 2.30. The van der Waals surface area contributed by atoms with Gasteiger partial charge < -0.3 is 5.32 Å². The fraction of sp³-hybridized carbons (Fsp3) is 0.182. The first kappa shape index (κ1) is 15.6. The van der Waals surface area contributed by atoms with Crippen molar-refractivity contribution in [3.05, 3.63) is 83.2 Å². The first-order valence-corrected chi connectivity index (χ1v) is 8.61. The van der Waals surface area contributed by atoms with Crippen LogP contribution in [0.5, 0.6) is 0 Å². The zero-order chi connectivity index (χ0) is 17.2. The third-order valence-corrected chi connectivity index (χ3v) is 4.79. The summed E-state index contributed by atoms with van der Waals surface area (Å²) in [5, 5.41) is 2.92. The lowest BCUT2D eigenvalue weighted by Crippen LogP contribution is -2.03. The number of nitrogens with zero attached hydrogens (tertiary/aromatic N) is 1. The Morgan fingerprint density at radius 3 is 2.68 bits per heavy atom. The van der Waals surface area contributed by atoms with Gasteiger partial charge in [-0.2, -0.15) is 0 Å². The molecular weight excluding hydrogens is 308 g/mol. The summed E-state index contributed by atoms with van der Waals surface area (Å²) in [4.78, 5) is 16.1. The number of carbonyl (C=O) groups excluding carboxylic acids is 1. The van der Waals surface area contributed by atoms with Gasteiger partial charge in [-0.3, -0.25) is 9.78 Å². The molecule has 4 rings (SSSR count). The monoisotopic (exact) mass is 328 g/mol. The van der Waals surface area contributed by atoms with Crippen molar-refractivity contribution in [1.82, 2.24) is 4.98 Å². The van der Waals surface area contributed by atoms with Crippen LogP contribution in [0.3, 0.4) is 0 Å². The predicted molar refractivity (Wildman–Crippen MR) is 101 cm³/mol. The van der Waals surface area contributed by atoms with E-state index in [1.165, 1.54) is 11.1 Å². The van der Waals surface area contributed by atoms with E-state index in [4.69, 9.17) is 0 Å². The van der Waals surface area contributed by atoms with Crippen LogP contribution in [0, 0.1) is 6.92 Å². The van der Waals surface area contributed by atoms with E-state index < -0.39 is 0 Å². The summed E-state index contributed by atoms with van der Waals surface area (Å²) in [6, 6.07) is 18.9. The molecular formula is C22H20N2O. The van der Waals surface area contributed by atoms with E-state index in [2.05, 4.69) is 53.6 Å². The standard InChI is InChI=1S/C22H20N2O/c1-15-17(8-7-16-5-3-2-4-6-16)11-20(14-23-15)18-9-10-19-13-22(25)24-21(19)12-18/h2-6,9-12,14H,7-8,13H2,1H3,(H,24,25). The summed E-state index contributed by atoms with van der Waals surface area (Å²) >= 11 is 0. The number of aromatic nitrogens is 1. The number of nitrogens with one attached hydrogen (secondary N) is 1. The molecule has 1 aromatic heterocycles. The molecule has 0 fully saturated rings. The SMILES string of the molecule is Cc1ncc(-c2ccc3c(c2)NC(=O)C3)cc1CCc1ccccc1. The van der Waals surface area contributed by atoms with Crippen LogP contribution < -0.4 is 5.32 Å². The molecule has 3 nitrogen and oxygen atoms in total. The lowest BCUT2D eigenvalue weighted by molar-refractivity contribution is -0.115. The Morgan fingerprint density at radius 2 is 1.84 bits per heavy atom. The average molecular weight is 328 g/mol. The molecule has 0 unspecified atom stereocenters. The Morgan fingerprint density at radius 1 is 1.00 bits per heavy atom. The third-order valence-electron chi connectivity index (χ3n) is 4.79. The maximum Gasteiger partial charge on any atom is 0.228 e. The molecule has 0 spiro atoms. The van der Waals surface area contributed by atoms with Crippen molar-refractivity contribution >= 4 is 11.6 Å². The molecule has 0 bridgehead atoms. The van der Waals surface area contributed by atoms with Gasteiger partial charge in [0, 0.05) is 23.1 Å². The molecule has 1 aliphatic heterocycles. The van der Waals surface area contributed by atoms with E-state index in [1.54, 1.807) is 0 Å². The number of hydrogen-bond acceptors (Lipinski definition) is 2. The summed E-state index contributed by atoms with van der Waals surface area (Å²) in [5.41, 5.74) is 7.87. The molecule has 0 saturated heterocycles. The van der Waals surface area contributed by atoms with E-state index in [1.807, 2.05) is 24.4 Å². The first-order valence-electron chi connectivity index (χ1n) is 8.61. The van der Waals surface area contributed by atoms with Gasteiger partial charge in [0.25, 0.3) is 0 Å². The number of rotatable bonds is 4. The Bertz CT molecular complexity index is 932. The number of aryl methyl sites for hydroxylation is 3. The van der Waals surface area contributed by atoms with Crippen LogP contribution in [0.15, 0.2) is 60.8 Å². The minimum atomic E-state index is 0.0673. The highest BCUT2D eigenvalue weighted by atomic mass is 16.1. The zero-order valence-electron chi connectivity index (χ0n) is 14.3. The summed E-state index contributed by atoms with van der Waals surface area (Å²) in [6.07, 6.45) is 4.37. The number of carbonyl (C=O) groups is 1. The predicted octanol–water partition coefficient (Wildman–Crippen LogP) is 4.34. The molecule has 1 N–H and O–H groups in total. The van der Waals surface area contributed by atoms with Crippen molar-refractivity contribution in [3.8, 4) is 11.1 Å². The maximum absolute atomic E-state index is 11.5. The number of hydrogen-bond donors (Lipinski definition) is 1. The molecule has 3 heteroatoms. The fourth-order valence-corrected chi connectivity index (χ4v) is 3.31. The summed E-state index contributed by atoms with van der Waals surface area (Å²) in [5.74, 6) is 0.0673. The zero-order valence-corrected chi connectivity index (χ0v) is 14.3. The van der Waals surface area contributed by atoms with Gasteiger partial charge in [-0.1, -0.05) is 42.5 Å². The van der Waals surface area contributed by atoms with E-state index in [9.17, 15) is 4.79 Å². The molecule has 124 valence electrons. The van der Waals surface area contributed by atoms with Gasteiger partial charge in [-0.15, -0.1) is 0 Å². The number of benzene rings is 2. The van der Waals surface area contributed by atoms with Crippen LogP contribution in [0.2, 0.25) is 0 Å². The van der Waals surface area contributed by atoms with Crippen molar-refractivity contribution in [2.24, 2.45) is 0 Å². The van der Waals surface area contributed by atoms with Gasteiger partial charge in [0.05, 0.1) is 6.42 Å². The minimum Gasteiger partial charge on any atom is -0.326 e. The van der Waals surface area contributed by atoms with Crippen LogP contribution in [-0.2, 0) is 24.1 Å². The highest BCUT2D eigenvalue weighted by molar-refractivity contribution is 5.99. The van der Waals surface area contributed by atoms with Crippen LogP contribution >= 0.6 is 0 Å².